The lowest BCUT2D eigenvalue weighted by Gasteiger charge is -2.19. The number of hydrogen-bond acceptors (Lipinski definition) is 4. The third-order valence-corrected chi connectivity index (χ3v) is 5.82. The van der Waals surface area contributed by atoms with Gasteiger partial charge in [0.15, 0.2) is 0 Å². The molecule has 3 aromatic rings. The van der Waals surface area contributed by atoms with E-state index >= 15 is 0 Å². The highest BCUT2D eigenvalue weighted by Crippen LogP contribution is 2.21. The van der Waals surface area contributed by atoms with Crippen LogP contribution in [0.2, 0.25) is 0 Å². The lowest BCUT2D eigenvalue weighted by atomic mass is 10.1. The van der Waals surface area contributed by atoms with E-state index in [4.69, 9.17) is 4.74 Å². The smallest absolute Gasteiger partial charge is 0.261 e. The Bertz CT molecular complexity index is 1110. The standard InChI is InChI=1S/C23H24N2O4S/c1-3-29-22-15-8-7-10-19(22)17-25(2)23(26)18-11-9-14-21(16-18)30(27,28)24-20-12-5-4-6-13-20/h4-16,24H,3,17H2,1-2H3. The van der Waals surface area contributed by atoms with Gasteiger partial charge in [-0.05, 0) is 43.3 Å². The van der Waals surface area contributed by atoms with Gasteiger partial charge in [-0.25, -0.2) is 8.42 Å². The van der Waals surface area contributed by atoms with Gasteiger partial charge in [0.05, 0.1) is 11.5 Å². The number of rotatable bonds is 8. The van der Waals surface area contributed by atoms with Crippen LogP contribution in [0.1, 0.15) is 22.8 Å². The van der Waals surface area contributed by atoms with Crippen LogP contribution in [-0.4, -0.2) is 32.9 Å². The van der Waals surface area contributed by atoms with E-state index in [9.17, 15) is 13.2 Å². The summed E-state index contributed by atoms with van der Waals surface area (Å²) in [5.74, 6) is 0.445. The average Bonchev–Trinajstić information content (AvgIpc) is 2.75. The summed E-state index contributed by atoms with van der Waals surface area (Å²) in [6.07, 6.45) is 0. The summed E-state index contributed by atoms with van der Waals surface area (Å²) in [6.45, 7) is 2.78. The summed E-state index contributed by atoms with van der Waals surface area (Å²) in [7, 11) is -2.13. The highest BCUT2D eigenvalue weighted by molar-refractivity contribution is 7.92. The quantitative estimate of drug-likeness (QED) is 0.589. The lowest BCUT2D eigenvalue weighted by molar-refractivity contribution is 0.0783. The zero-order valence-electron chi connectivity index (χ0n) is 16.9. The van der Waals surface area contributed by atoms with Crippen LogP contribution < -0.4 is 9.46 Å². The monoisotopic (exact) mass is 424 g/mol. The molecular weight excluding hydrogens is 400 g/mol. The molecule has 0 saturated carbocycles. The Kier molecular flexibility index (Phi) is 6.74. The van der Waals surface area contributed by atoms with Crippen molar-refractivity contribution in [2.24, 2.45) is 0 Å². The fourth-order valence-corrected chi connectivity index (χ4v) is 4.10. The van der Waals surface area contributed by atoms with Crippen molar-refractivity contribution in [2.45, 2.75) is 18.4 Å². The number of amides is 1. The van der Waals surface area contributed by atoms with Crippen molar-refractivity contribution in [1.82, 2.24) is 4.90 Å². The van der Waals surface area contributed by atoms with Crippen LogP contribution >= 0.6 is 0 Å². The Morgan fingerprint density at radius 3 is 2.40 bits per heavy atom. The first-order valence-electron chi connectivity index (χ1n) is 9.55. The summed E-state index contributed by atoms with van der Waals surface area (Å²) in [5.41, 5.74) is 1.63. The normalized spacial score (nSPS) is 11.0. The third-order valence-electron chi connectivity index (χ3n) is 4.44. The number of ether oxygens (including phenoxy) is 1. The molecule has 3 rings (SSSR count). The molecule has 30 heavy (non-hydrogen) atoms. The lowest BCUT2D eigenvalue weighted by Crippen LogP contribution is -2.26. The molecular formula is C23H24N2O4S. The second-order valence-corrected chi connectivity index (χ2v) is 8.38. The summed E-state index contributed by atoms with van der Waals surface area (Å²) in [6, 6.07) is 22.2. The van der Waals surface area contributed by atoms with E-state index in [0.717, 1.165) is 11.3 Å². The number of carbonyl (C=O) groups excluding carboxylic acids is 1. The van der Waals surface area contributed by atoms with E-state index in [1.807, 2.05) is 31.2 Å². The van der Waals surface area contributed by atoms with Gasteiger partial charge < -0.3 is 9.64 Å². The first kappa shape index (κ1) is 21.4. The highest BCUT2D eigenvalue weighted by atomic mass is 32.2. The minimum absolute atomic E-state index is 0.0281. The van der Waals surface area contributed by atoms with Gasteiger partial charge in [-0.3, -0.25) is 9.52 Å². The van der Waals surface area contributed by atoms with E-state index in [1.165, 1.54) is 17.0 Å². The van der Waals surface area contributed by atoms with Crippen molar-refractivity contribution in [2.75, 3.05) is 18.4 Å². The van der Waals surface area contributed by atoms with Crippen LogP contribution in [0.5, 0.6) is 5.75 Å². The van der Waals surface area contributed by atoms with E-state index in [2.05, 4.69) is 4.72 Å². The topological polar surface area (TPSA) is 75.7 Å². The molecule has 0 saturated heterocycles. The van der Waals surface area contributed by atoms with Gasteiger partial charge in [0, 0.05) is 30.4 Å². The summed E-state index contributed by atoms with van der Waals surface area (Å²) >= 11 is 0. The van der Waals surface area contributed by atoms with Gasteiger partial charge >= 0.3 is 0 Å². The van der Waals surface area contributed by atoms with Gasteiger partial charge in [-0.1, -0.05) is 42.5 Å². The summed E-state index contributed by atoms with van der Waals surface area (Å²) in [4.78, 5) is 14.5. The number of nitrogens with zero attached hydrogens (tertiary/aromatic N) is 1. The molecule has 0 spiro atoms. The largest absolute Gasteiger partial charge is 0.494 e. The molecule has 3 aromatic carbocycles. The molecule has 6 nitrogen and oxygen atoms in total. The van der Waals surface area contributed by atoms with Gasteiger partial charge in [0.25, 0.3) is 15.9 Å². The number of anilines is 1. The first-order valence-corrected chi connectivity index (χ1v) is 11.0. The van der Waals surface area contributed by atoms with Crippen LogP contribution in [0.15, 0.2) is 83.8 Å². The molecule has 0 bridgehead atoms. The molecule has 0 aliphatic heterocycles. The number of para-hydroxylation sites is 2. The fourth-order valence-electron chi connectivity index (χ4n) is 3.00. The Balaban J connectivity index is 1.79. The van der Waals surface area contributed by atoms with E-state index < -0.39 is 10.0 Å². The van der Waals surface area contributed by atoms with Crippen molar-refractivity contribution < 1.29 is 17.9 Å². The van der Waals surface area contributed by atoms with Crippen molar-refractivity contribution >= 4 is 21.6 Å². The molecule has 7 heteroatoms. The number of carbonyl (C=O) groups is 1. The summed E-state index contributed by atoms with van der Waals surface area (Å²) in [5, 5.41) is 0. The van der Waals surface area contributed by atoms with E-state index in [0.29, 0.717) is 24.4 Å². The van der Waals surface area contributed by atoms with Gasteiger partial charge in [-0.2, -0.15) is 0 Å². The molecule has 156 valence electrons. The number of sulfonamides is 1. The minimum Gasteiger partial charge on any atom is -0.494 e. The second kappa shape index (κ2) is 9.45. The molecule has 0 aliphatic rings. The molecule has 0 aliphatic carbocycles. The SMILES string of the molecule is CCOc1ccccc1CN(C)C(=O)c1cccc(S(=O)(=O)Nc2ccccc2)c1. The maximum Gasteiger partial charge on any atom is 0.261 e. The number of hydrogen-bond donors (Lipinski definition) is 1. The predicted molar refractivity (Wildman–Crippen MR) is 117 cm³/mol. The van der Waals surface area contributed by atoms with Crippen LogP contribution in [0, 0.1) is 0 Å². The molecule has 1 N–H and O–H groups in total. The van der Waals surface area contributed by atoms with Crippen LogP contribution in [0.3, 0.4) is 0 Å². The first-order chi connectivity index (χ1) is 14.4. The van der Waals surface area contributed by atoms with Crippen molar-refractivity contribution in [3.63, 3.8) is 0 Å². The van der Waals surface area contributed by atoms with Crippen LogP contribution in [-0.2, 0) is 16.6 Å². The zero-order valence-corrected chi connectivity index (χ0v) is 17.7. The van der Waals surface area contributed by atoms with Crippen LogP contribution in [0.4, 0.5) is 5.69 Å². The van der Waals surface area contributed by atoms with Gasteiger partial charge in [0.2, 0.25) is 0 Å². The van der Waals surface area contributed by atoms with Gasteiger partial charge in [-0.15, -0.1) is 0 Å². The van der Waals surface area contributed by atoms with E-state index in [-0.39, 0.29) is 10.8 Å². The molecule has 0 heterocycles. The number of benzene rings is 3. The maximum atomic E-state index is 12.9. The van der Waals surface area contributed by atoms with Crippen LogP contribution in [0.25, 0.3) is 0 Å². The third kappa shape index (κ3) is 5.18. The second-order valence-electron chi connectivity index (χ2n) is 6.70. The maximum absolute atomic E-state index is 12.9. The Morgan fingerprint density at radius 2 is 1.67 bits per heavy atom. The zero-order chi connectivity index (χ0) is 21.6. The number of nitrogens with one attached hydrogen (secondary N) is 1. The fraction of sp³-hybridized carbons (Fsp3) is 0.174. The minimum atomic E-state index is -3.81. The Hall–Kier alpha value is -3.32. The molecule has 0 atom stereocenters. The molecule has 0 aromatic heterocycles. The molecule has 0 unspecified atom stereocenters. The van der Waals surface area contributed by atoms with Crippen molar-refractivity contribution in [3.8, 4) is 5.75 Å². The van der Waals surface area contributed by atoms with Gasteiger partial charge in [0.1, 0.15) is 5.75 Å². The van der Waals surface area contributed by atoms with E-state index in [1.54, 1.807) is 49.5 Å². The molecule has 1 amide bonds. The molecule has 0 fully saturated rings. The Labute approximate surface area is 177 Å². The molecule has 0 radical (unpaired) electrons. The predicted octanol–water partition coefficient (Wildman–Crippen LogP) is 4.16. The van der Waals surface area contributed by atoms with Crippen molar-refractivity contribution in [3.05, 3.63) is 90.0 Å². The summed E-state index contributed by atoms with van der Waals surface area (Å²) < 4.78 is 33.5. The highest BCUT2D eigenvalue weighted by Gasteiger charge is 2.19. The Morgan fingerprint density at radius 1 is 0.967 bits per heavy atom. The van der Waals surface area contributed by atoms with Crippen molar-refractivity contribution in [1.29, 1.82) is 0 Å². The average molecular weight is 425 g/mol.